The number of hydrogen-bond donors (Lipinski definition) is 2. The topological polar surface area (TPSA) is 55.1 Å². The Labute approximate surface area is 67.3 Å². The van der Waals surface area contributed by atoms with Crippen LogP contribution in [-0.4, -0.2) is 24.4 Å². The number of hydrogen-bond acceptors (Lipinski definition) is 3. The van der Waals surface area contributed by atoms with E-state index in [2.05, 4.69) is 5.32 Å². The van der Waals surface area contributed by atoms with Crippen LogP contribution in [0.1, 0.15) is 26.2 Å². The average Bonchev–Trinajstić information content (AvgIpc) is 2.04. The first-order chi connectivity index (χ1) is 5.19. The summed E-state index contributed by atoms with van der Waals surface area (Å²) < 4.78 is 0. The van der Waals surface area contributed by atoms with Gasteiger partial charge >= 0.3 is 0 Å². The number of piperidine rings is 1. The second-order valence-corrected chi connectivity index (χ2v) is 3.34. The largest absolute Gasteiger partial charge is 0.324 e. The first kappa shape index (κ1) is 8.68. The summed E-state index contributed by atoms with van der Waals surface area (Å²) in [6.45, 7) is 3.05. The van der Waals surface area contributed by atoms with Crippen LogP contribution < -0.4 is 11.1 Å². The molecule has 1 saturated heterocycles. The van der Waals surface area contributed by atoms with E-state index in [0.717, 1.165) is 19.4 Å². The molecule has 0 saturated carbocycles. The summed E-state index contributed by atoms with van der Waals surface area (Å²) in [5, 5.41) is 3.22. The van der Waals surface area contributed by atoms with Crippen molar-refractivity contribution in [3.05, 3.63) is 0 Å². The lowest BCUT2D eigenvalue weighted by atomic mass is 9.87. The van der Waals surface area contributed by atoms with Crippen molar-refractivity contribution in [1.29, 1.82) is 0 Å². The van der Waals surface area contributed by atoms with Gasteiger partial charge in [0.05, 0.1) is 12.1 Å². The summed E-state index contributed by atoms with van der Waals surface area (Å²) in [5.74, 6) is 0.136. The van der Waals surface area contributed by atoms with E-state index in [1.165, 1.54) is 6.42 Å². The number of Topliss-reactive ketones (excluding diaryl/α,β-unsaturated/α-hetero) is 1. The zero-order valence-corrected chi connectivity index (χ0v) is 7.02. The van der Waals surface area contributed by atoms with Gasteiger partial charge in [0.25, 0.3) is 0 Å². The Kier molecular flexibility index (Phi) is 2.62. The Balaban J connectivity index is 2.56. The zero-order valence-electron chi connectivity index (χ0n) is 7.02. The van der Waals surface area contributed by atoms with Crippen molar-refractivity contribution in [2.24, 2.45) is 5.73 Å². The maximum Gasteiger partial charge on any atom is 0.166 e. The molecule has 3 heteroatoms. The smallest absolute Gasteiger partial charge is 0.166 e. The predicted octanol–water partition coefficient (Wildman–Crippen LogP) is 0.0464. The van der Waals surface area contributed by atoms with E-state index in [0.29, 0.717) is 0 Å². The first-order valence-electron chi connectivity index (χ1n) is 4.17. The summed E-state index contributed by atoms with van der Waals surface area (Å²) >= 11 is 0. The van der Waals surface area contributed by atoms with Crippen LogP contribution >= 0.6 is 0 Å². The van der Waals surface area contributed by atoms with E-state index in [-0.39, 0.29) is 17.9 Å². The van der Waals surface area contributed by atoms with Crippen LogP contribution in [0.4, 0.5) is 0 Å². The average molecular weight is 156 g/mol. The van der Waals surface area contributed by atoms with Crippen molar-refractivity contribution >= 4 is 5.78 Å². The fourth-order valence-corrected chi connectivity index (χ4v) is 1.52. The Morgan fingerprint density at radius 2 is 2.36 bits per heavy atom. The maximum atomic E-state index is 11.3. The summed E-state index contributed by atoms with van der Waals surface area (Å²) in [6, 6.07) is 0. The summed E-state index contributed by atoms with van der Waals surface area (Å²) in [7, 11) is 0. The Morgan fingerprint density at radius 3 is 2.82 bits per heavy atom. The highest BCUT2D eigenvalue weighted by molar-refractivity contribution is 5.89. The quantitative estimate of drug-likeness (QED) is 0.594. The van der Waals surface area contributed by atoms with Crippen LogP contribution in [0.5, 0.6) is 0 Å². The van der Waals surface area contributed by atoms with Crippen molar-refractivity contribution in [1.82, 2.24) is 5.32 Å². The van der Waals surface area contributed by atoms with Crippen LogP contribution in [0.3, 0.4) is 0 Å². The minimum atomic E-state index is -0.326. The highest BCUT2D eigenvalue weighted by Crippen LogP contribution is 2.18. The summed E-state index contributed by atoms with van der Waals surface area (Å²) in [6.07, 6.45) is 3.24. The third kappa shape index (κ3) is 1.79. The molecule has 1 fully saturated rings. The van der Waals surface area contributed by atoms with Gasteiger partial charge in [0.1, 0.15) is 0 Å². The first-order valence-corrected chi connectivity index (χ1v) is 4.17. The van der Waals surface area contributed by atoms with E-state index in [9.17, 15) is 4.79 Å². The van der Waals surface area contributed by atoms with E-state index in [1.807, 2.05) is 6.92 Å². The van der Waals surface area contributed by atoms with Crippen molar-refractivity contribution in [3.63, 3.8) is 0 Å². The van der Waals surface area contributed by atoms with Crippen LogP contribution in [-0.2, 0) is 4.79 Å². The lowest BCUT2D eigenvalue weighted by Gasteiger charge is -2.32. The zero-order chi connectivity index (χ0) is 8.32. The molecule has 1 rings (SSSR count). The highest BCUT2D eigenvalue weighted by atomic mass is 16.1. The van der Waals surface area contributed by atoms with Gasteiger partial charge in [0, 0.05) is 0 Å². The van der Waals surface area contributed by atoms with Crippen LogP contribution in [0.25, 0.3) is 0 Å². The number of rotatable bonds is 2. The molecule has 64 valence electrons. The molecule has 3 nitrogen and oxygen atoms in total. The van der Waals surface area contributed by atoms with Crippen LogP contribution in [0.2, 0.25) is 0 Å². The second-order valence-electron chi connectivity index (χ2n) is 3.34. The van der Waals surface area contributed by atoms with E-state index in [4.69, 9.17) is 5.73 Å². The van der Waals surface area contributed by atoms with Gasteiger partial charge < -0.3 is 11.1 Å². The molecule has 0 radical (unpaired) electrons. The van der Waals surface area contributed by atoms with E-state index < -0.39 is 0 Å². The van der Waals surface area contributed by atoms with Crippen molar-refractivity contribution < 1.29 is 4.79 Å². The van der Waals surface area contributed by atoms with Gasteiger partial charge in [-0.2, -0.15) is 0 Å². The molecule has 0 spiro atoms. The van der Waals surface area contributed by atoms with Gasteiger partial charge in [-0.25, -0.2) is 0 Å². The monoisotopic (exact) mass is 156 g/mol. The second kappa shape index (κ2) is 3.32. The fourth-order valence-electron chi connectivity index (χ4n) is 1.52. The predicted molar refractivity (Wildman–Crippen MR) is 44.3 cm³/mol. The van der Waals surface area contributed by atoms with Gasteiger partial charge in [-0.15, -0.1) is 0 Å². The van der Waals surface area contributed by atoms with Gasteiger partial charge in [-0.05, 0) is 32.7 Å². The molecule has 0 aliphatic carbocycles. The molecule has 1 aliphatic rings. The number of nitrogens with two attached hydrogens (primary N) is 1. The van der Waals surface area contributed by atoms with Gasteiger partial charge in [0.15, 0.2) is 5.78 Å². The van der Waals surface area contributed by atoms with E-state index >= 15 is 0 Å². The molecular weight excluding hydrogens is 140 g/mol. The summed E-state index contributed by atoms with van der Waals surface area (Å²) in [4.78, 5) is 11.3. The Bertz CT molecular complexity index is 150. The lowest BCUT2D eigenvalue weighted by molar-refractivity contribution is -0.124. The number of ketones is 1. The number of carbonyl (C=O) groups excluding carboxylic acids is 1. The molecule has 0 aromatic rings. The third-order valence-corrected chi connectivity index (χ3v) is 2.42. The minimum absolute atomic E-state index is 0.136. The maximum absolute atomic E-state index is 11.3. The molecule has 0 aromatic heterocycles. The molecule has 0 aromatic carbocycles. The van der Waals surface area contributed by atoms with Crippen molar-refractivity contribution in [2.75, 3.05) is 13.1 Å². The molecule has 0 bridgehead atoms. The van der Waals surface area contributed by atoms with Crippen molar-refractivity contribution in [2.45, 2.75) is 31.7 Å². The molecule has 1 heterocycles. The standard InChI is InChI=1S/C8H16N2O/c1-8(7(11)6-9)4-2-3-5-10-8/h10H,2-6,9H2,1H3. The van der Waals surface area contributed by atoms with Gasteiger partial charge in [0.2, 0.25) is 0 Å². The van der Waals surface area contributed by atoms with Crippen molar-refractivity contribution in [3.8, 4) is 0 Å². The van der Waals surface area contributed by atoms with Gasteiger partial charge in [-0.1, -0.05) is 0 Å². The fraction of sp³-hybridized carbons (Fsp3) is 0.875. The molecule has 0 amide bonds. The van der Waals surface area contributed by atoms with E-state index in [1.54, 1.807) is 0 Å². The molecule has 1 aliphatic heterocycles. The molecule has 11 heavy (non-hydrogen) atoms. The van der Waals surface area contributed by atoms with Gasteiger partial charge in [-0.3, -0.25) is 4.79 Å². The number of nitrogens with one attached hydrogen (secondary N) is 1. The molecular formula is C8H16N2O. The lowest BCUT2D eigenvalue weighted by Crippen LogP contribution is -2.54. The molecule has 3 N–H and O–H groups in total. The normalized spacial score (nSPS) is 31.8. The molecule has 1 atom stereocenters. The highest BCUT2D eigenvalue weighted by Gasteiger charge is 2.32. The Hall–Kier alpha value is -0.410. The minimum Gasteiger partial charge on any atom is -0.324 e. The molecule has 1 unspecified atom stereocenters. The summed E-state index contributed by atoms with van der Waals surface area (Å²) in [5.41, 5.74) is 4.97. The van der Waals surface area contributed by atoms with Crippen LogP contribution in [0.15, 0.2) is 0 Å². The Morgan fingerprint density at radius 1 is 1.64 bits per heavy atom. The third-order valence-electron chi connectivity index (χ3n) is 2.42. The van der Waals surface area contributed by atoms with Crippen LogP contribution in [0, 0.1) is 0 Å². The SMILES string of the molecule is CC1(C(=O)CN)CCCCN1. The number of carbonyl (C=O) groups is 1.